The highest BCUT2D eigenvalue weighted by Crippen LogP contribution is 2.36. The van der Waals surface area contributed by atoms with Crippen molar-refractivity contribution >= 4 is 5.91 Å². The second kappa shape index (κ2) is 11.8. The number of nitrogens with one attached hydrogen (secondary N) is 1. The number of hydrogen-bond acceptors (Lipinski definition) is 8. The molecule has 1 amide bonds. The maximum atomic E-state index is 14.2. The molecule has 4 heterocycles. The maximum absolute atomic E-state index is 14.2. The van der Waals surface area contributed by atoms with Crippen LogP contribution < -0.4 is 15.6 Å². The largest absolute Gasteiger partial charge is 0.481 e. The summed E-state index contributed by atoms with van der Waals surface area (Å²) >= 11 is 0. The quantitative estimate of drug-likeness (QED) is 0.358. The average molecular weight is 575 g/mol. The number of amides is 1. The zero-order valence-electron chi connectivity index (χ0n) is 23.2. The van der Waals surface area contributed by atoms with Gasteiger partial charge in [0.2, 0.25) is 5.75 Å². The Morgan fingerprint density at radius 1 is 1.12 bits per heavy atom. The van der Waals surface area contributed by atoms with E-state index in [-0.39, 0.29) is 24.6 Å². The summed E-state index contributed by atoms with van der Waals surface area (Å²) in [5, 5.41) is 6.95. The lowest BCUT2D eigenvalue weighted by Gasteiger charge is -2.36. The van der Waals surface area contributed by atoms with E-state index in [0.717, 1.165) is 5.56 Å². The third-order valence-corrected chi connectivity index (χ3v) is 7.79. The van der Waals surface area contributed by atoms with Crippen molar-refractivity contribution in [3.63, 3.8) is 0 Å². The molecule has 11 nitrogen and oxygen atoms in total. The molecule has 0 bridgehead atoms. The molecule has 1 N–H and O–H groups in total. The minimum atomic E-state index is -0.584. The van der Waals surface area contributed by atoms with Crippen molar-refractivity contribution in [1.82, 2.24) is 29.6 Å². The van der Waals surface area contributed by atoms with Gasteiger partial charge in [-0.3, -0.25) is 14.2 Å². The Bertz CT molecular complexity index is 1650. The minimum absolute atomic E-state index is 0.0294. The van der Waals surface area contributed by atoms with Crippen molar-refractivity contribution in [3.05, 3.63) is 93.7 Å². The van der Waals surface area contributed by atoms with Gasteiger partial charge in [0.1, 0.15) is 24.6 Å². The predicted molar refractivity (Wildman–Crippen MR) is 149 cm³/mol. The fourth-order valence-corrected chi connectivity index (χ4v) is 5.49. The number of carbonyl (C=O) groups excluding carboxylic acids is 1. The topological polar surface area (TPSA) is 122 Å². The molecule has 4 aromatic rings. The van der Waals surface area contributed by atoms with Crippen molar-refractivity contribution in [3.8, 4) is 17.1 Å². The second-order valence-corrected chi connectivity index (χ2v) is 10.5. The number of rotatable bonds is 7. The van der Waals surface area contributed by atoms with E-state index in [1.807, 2.05) is 30.3 Å². The van der Waals surface area contributed by atoms with Gasteiger partial charge in [-0.1, -0.05) is 36.4 Å². The van der Waals surface area contributed by atoms with E-state index in [4.69, 9.17) is 19.2 Å². The Kier molecular flexibility index (Phi) is 7.81. The third kappa shape index (κ3) is 5.42. The summed E-state index contributed by atoms with van der Waals surface area (Å²) in [5.41, 5.74) is 0.858. The first-order valence-corrected chi connectivity index (χ1v) is 13.8. The summed E-state index contributed by atoms with van der Waals surface area (Å²) in [6.07, 6.45) is 2.60. The molecule has 2 aromatic heterocycles. The number of nitrogens with zero attached hydrogens (tertiary/aromatic N) is 5. The van der Waals surface area contributed by atoms with Crippen LogP contribution in [-0.2, 0) is 41.6 Å². The van der Waals surface area contributed by atoms with Crippen LogP contribution in [0.2, 0.25) is 0 Å². The molecule has 218 valence electrons. The summed E-state index contributed by atoms with van der Waals surface area (Å²) in [6.45, 7) is 2.14. The number of aromatic nitrogens is 5. The molecule has 2 aliphatic rings. The van der Waals surface area contributed by atoms with Crippen LogP contribution in [0.15, 0.2) is 59.7 Å². The van der Waals surface area contributed by atoms with Crippen LogP contribution in [0.4, 0.5) is 4.39 Å². The highest BCUT2D eigenvalue weighted by atomic mass is 19.1. The van der Waals surface area contributed by atoms with Crippen LogP contribution in [0.5, 0.6) is 5.75 Å². The van der Waals surface area contributed by atoms with E-state index in [1.165, 1.54) is 23.1 Å². The fraction of sp³-hybridized carbons (Fsp3) is 0.367. The number of benzene rings is 2. The highest BCUT2D eigenvalue weighted by molar-refractivity contribution is 5.95. The van der Waals surface area contributed by atoms with Crippen LogP contribution in [-0.4, -0.2) is 56.7 Å². The number of carbonyl (C=O) groups is 1. The van der Waals surface area contributed by atoms with Crippen molar-refractivity contribution in [2.75, 3.05) is 26.4 Å². The van der Waals surface area contributed by atoms with Crippen molar-refractivity contribution in [2.24, 2.45) is 7.05 Å². The lowest BCUT2D eigenvalue weighted by molar-refractivity contribution is 0.00412. The summed E-state index contributed by atoms with van der Waals surface area (Å²) in [6, 6.07) is 13.6. The highest BCUT2D eigenvalue weighted by Gasteiger charge is 2.42. The Balaban J connectivity index is 1.38. The monoisotopic (exact) mass is 574 g/mol. The smallest absolute Gasteiger partial charge is 0.296 e. The Morgan fingerprint density at radius 2 is 1.93 bits per heavy atom. The van der Waals surface area contributed by atoms with E-state index < -0.39 is 22.7 Å². The molecule has 0 atom stereocenters. The second-order valence-electron chi connectivity index (χ2n) is 10.5. The first-order chi connectivity index (χ1) is 20.4. The first-order valence-electron chi connectivity index (χ1n) is 13.8. The van der Waals surface area contributed by atoms with Gasteiger partial charge < -0.3 is 19.5 Å². The molecular formula is C30H31FN6O5. The summed E-state index contributed by atoms with van der Waals surface area (Å²) in [7, 11) is 1.70. The molecular weight excluding hydrogens is 543 g/mol. The summed E-state index contributed by atoms with van der Waals surface area (Å²) < 4.78 is 34.9. The zero-order valence-corrected chi connectivity index (χ0v) is 23.2. The molecule has 2 aliphatic heterocycles. The SMILES string of the molecule is Cn1ncnc1-c1cc(F)ccc1CNC(=O)c1nc2n(c(=O)c1OCc1ccccc1)CCOCC21CCOCC1. The van der Waals surface area contributed by atoms with Gasteiger partial charge in [-0.15, -0.1) is 0 Å². The molecule has 1 fully saturated rings. The number of fused-ring (bicyclic) bond motifs is 2. The van der Waals surface area contributed by atoms with Crippen LogP contribution >= 0.6 is 0 Å². The first kappa shape index (κ1) is 27.7. The van der Waals surface area contributed by atoms with Gasteiger partial charge in [-0.2, -0.15) is 5.10 Å². The number of aryl methyl sites for hydroxylation is 1. The van der Waals surface area contributed by atoms with Crippen LogP contribution in [0.1, 0.15) is 40.3 Å². The average Bonchev–Trinajstić information content (AvgIpc) is 3.36. The van der Waals surface area contributed by atoms with E-state index in [2.05, 4.69) is 15.4 Å². The third-order valence-electron chi connectivity index (χ3n) is 7.79. The molecule has 0 saturated carbocycles. The molecule has 0 unspecified atom stereocenters. The molecule has 12 heteroatoms. The van der Waals surface area contributed by atoms with Crippen LogP contribution in [0.25, 0.3) is 11.4 Å². The van der Waals surface area contributed by atoms with E-state index in [0.29, 0.717) is 68.6 Å². The van der Waals surface area contributed by atoms with Gasteiger partial charge >= 0.3 is 0 Å². The van der Waals surface area contributed by atoms with Gasteiger partial charge in [-0.05, 0) is 36.1 Å². The van der Waals surface area contributed by atoms with Gasteiger partial charge in [0, 0.05) is 32.4 Å². The maximum Gasteiger partial charge on any atom is 0.296 e. The molecule has 2 aromatic carbocycles. The zero-order chi connectivity index (χ0) is 29.1. The number of halogens is 1. The standard InChI is InChI=1S/C30H31FN6O5/c1-36-26(33-19-34-36)23-15-22(31)8-7-21(23)16-32-27(38)24-25(42-17-20-5-3-2-4-6-20)28(39)37-11-14-41-18-30(29(37)35-24)9-12-40-13-10-30/h2-8,15,19H,9-14,16-18H2,1H3,(H,32,38). The molecule has 42 heavy (non-hydrogen) atoms. The van der Waals surface area contributed by atoms with Gasteiger partial charge in [-0.25, -0.2) is 19.0 Å². The lowest BCUT2D eigenvalue weighted by atomic mass is 9.80. The summed E-state index contributed by atoms with van der Waals surface area (Å²) in [4.78, 5) is 36.9. The van der Waals surface area contributed by atoms with Crippen molar-refractivity contribution in [2.45, 2.75) is 38.0 Å². The van der Waals surface area contributed by atoms with E-state index >= 15 is 0 Å². The lowest BCUT2D eigenvalue weighted by Crippen LogP contribution is -2.43. The van der Waals surface area contributed by atoms with Gasteiger partial charge in [0.25, 0.3) is 11.5 Å². The van der Waals surface area contributed by atoms with Gasteiger partial charge in [0.05, 0.1) is 25.2 Å². The van der Waals surface area contributed by atoms with Crippen LogP contribution in [0.3, 0.4) is 0 Å². The molecule has 6 rings (SSSR count). The Hall–Kier alpha value is -4.42. The van der Waals surface area contributed by atoms with E-state index in [1.54, 1.807) is 17.7 Å². The molecule has 1 saturated heterocycles. The molecule has 1 spiro atoms. The Labute approximate surface area is 241 Å². The summed E-state index contributed by atoms with van der Waals surface area (Å²) in [5.74, 6) is -0.194. The molecule has 0 radical (unpaired) electrons. The van der Waals surface area contributed by atoms with Crippen molar-refractivity contribution < 1.29 is 23.4 Å². The Morgan fingerprint density at radius 3 is 2.69 bits per heavy atom. The van der Waals surface area contributed by atoms with Crippen molar-refractivity contribution in [1.29, 1.82) is 0 Å². The normalized spacial score (nSPS) is 16.0. The van der Waals surface area contributed by atoms with E-state index in [9.17, 15) is 14.0 Å². The van der Waals surface area contributed by atoms with Crippen LogP contribution in [0, 0.1) is 5.82 Å². The predicted octanol–water partition coefficient (Wildman–Crippen LogP) is 2.77. The van der Waals surface area contributed by atoms with Gasteiger partial charge in [0.15, 0.2) is 11.5 Å². The minimum Gasteiger partial charge on any atom is -0.481 e. The fourth-order valence-electron chi connectivity index (χ4n) is 5.49. The number of ether oxygens (including phenoxy) is 3. The molecule has 0 aliphatic carbocycles. The number of hydrogen-bond donors (Lipinski definition) is 1.